The first-order valence-corrected chi connectivity index (χ1v) is 7.22. The number of thioether (sulfide) groups is 1. The predicted molar refractivity (Wildman–Crippen MR) is 70.8 cm³/mol. The second kappa shape index (κ2) is 5.37. The molecule has 0 spiro atoms. The van der Waals surface area contributed by atoms with Gasteiger partial charge in [0.1, 0.15) is 12.2 Å². The molecule has 1 aliphatic rings. The minimum atomic E-state index is 0.302. The molecule has 0 aromatic carbocycles. The molecule has 5 nitrogen and oxygen atoms in total. The maximum atomic E-state index is 5.89. The Kier molecular flexibility index (Phi) is 4.06. The van der Waals surface area contributed by atoms with E-state index in [1.165, 1.54) is 12.8 Å². The van der Waals surface area contributed by atoms with Crippen LogP contribution in [-0.2, 0) is 13.6 Å². The number of piperidine rings is 1. The lowest BCUT2D eigenvalue weighted by molar-refractivity contribution is 0.189. The number of aryl methyl sites for hydroxylation is 1. The maximum absolute atomic E-state index is 5.89. The highest BCUT2D eigenvalue weighted by molar-refractivity contribution is 8.00. The van der Waals surface area contributed by atoms with Crippen molar-refractivity contribution < 1.29 is 0 Å². The summed E-state index contributed by atoms with van der Waals surface area (Å²) in [7, 11) is 1.94. The molecule has 1 saturated heterocycles. The number of likely N-dealkylation sites (tertiary alicyclic amines) is 1. The number of nitrogens with two attached hydrogens (primary N) is 1. The van der Waals surface area contributed by atoms with Gasteiger partial charge in [-0.15, -0.1) is 0 Å². The minimum Gasteiger partial charge on any atom is -0.329 e. The molecule has 6 heteroatoms. The zero-order valence-corrected chi connectivity index (χ0v) is 11.4. The highest BCUT2D eigenvalue weighted by atomic mass is 32.2. The number of hydrogen-bond acceptors (Lipinski definition) is 5. The summed E-state index contributed by atoms with van der Waals surface area (Å²) in [5, 5.41) is 4.10. The van der Waals surface area contributed by atoms with E-state index in [2.05, 4.69) is 21.2 Å². The first kappa shape index (κ1) is 12.9. The summed E-state index contributed by atoms with van der Waals surface area (Å²) < 4.78 is 2.15. The maximum Gasteiger partial charge on any atom is 0.140 e. The van der Waals surface area contributed by atoms with E-state index in [4.69, 9.17) is 5.73 Å². The van der Waals surface area contributed by atoms with E-state index >= 15 is 0 Å². The molecule has 1 aromatic rings. The molecule has 2 heterocycles. The summed E-state index contributed by atoms with van der Waals surface area (Å²) in [6.45, 7) is 3.88. The van der Waals surface area contributed by atoms with Crippen molar-refractivity contribution in [2.24, 2.45) is 12.8 Å². The van der Waals surface area contributed by atoms with Crippen LogP contribution in [0.5, 0.6) is 0 Å². The number of aromatic nitrogens is 3. The van der Waals surface area contributed by atoms with Gasteiger partial charge in [0.15, 0.2) is 0 Å². The molecule has 0 amide bonds. The number of hydrogen-bond donors (Lipinski definition) is 1. The van der Waals surface area contributed by atoms with Crippen LogP contribution in [0, 0.1) is 0 Å². The predicted octanol–water partition coefficient (Wildman–Crippen LogP) is 0.471. The van der Waals surface area contributed by atoms with Crippen LogP contribution in [-0.4, -0.2) is 50.3 Å². The molecule has 1 fully saturated rings. The van der Waals surface area contributed by atoms with Crippen molar-refractivity contribution in [2.75, 3.05) is 25.9 Å². The van der Waals surface area contributed by atoms with E-state index in [1.54, 1.807) is 6.33 Å². The third kappa shape index (κ3) is 2.81. The van der Waals surface area contributed by atoms with Gasteiger partial charge in [-0.2, -0.15) is 16.9 Å². The topological polar surface area (TPSA) is 60.0 Å². The van der Waals surface area contributed by atoms with Gasteiger partial charge in [-0.3, -0.25) is 9.58 Å². The van der Waals surface area contributed by atoms with Crippen LogP contribution in [0.15, 0.2) is 6.33 Å². The fraction of sp³-hybridized carbons (Fsp3) is 0.818. The van der Waals surface area contributed by atoms with Gasteiger partial charge in [0.2, 0.25) is 0 Å². The molecular weight excluding hydrogens is 234 g/mol. The standard InChI is InChI=1S/C11H21N5S/c1-15-10(13-9-14-15)7-16-5-3-11(8-12,17-2)4-6-16/h9H,3-8,12H2,1-2H3. The van der Waals surface area contributed by atoms with Crippen molar-refractivity contribution in [2.45, 2.75) is 24.1 Å². The zero-order valence-electron chi connectivity index (χ0n) is 10.6. The largest absolute Gasteiger partial charge is 0.329 e. The van der Waals surface area contributed by atoms with Crippen LogP contribution in [0.25, 0.3) is 0 Å². The van der Waals surface area contributed by atoms with Crippen LogP contribution < -0.4 is 5.73 Å². The second-order valence-electron chi connectivity index (χ2n) is 4.67. The average Bonchev–Trinajstić information content (AvgIpc) is 2.77. The van der Waals surface area contributed by atoms with Crippen LogP contribution in [0.2, 0.25) is 0 Å². The monoisotopic (exact) mass is 255 g/mol. The van der Waals surface area contributed by atoms with E-state index in [-0.39, 0.29) is 0 Å². The molecule has 0 unspecified atom stereocenters. The molecule has 1 aromatic heterocycles. The Labute approximate surface area is 107 Å². The smallest absolute Gasteiger partial charge is 0.140 e. The fourth-order valence-corrected chi connectivity index (χ4v) is 3.03. The van der Waals surface area contributed by atoms with Crippen molar-refractivity contribution >= 4 is 11.8 Å². The lowest BCUT2D eigenvalue weighted by Crippen LogP contribution is -2.46. The molecule has 0 saturated carbocycles. The Morgan fingerprint density at radius 2 is 2.18 bits per heavy atom. The zero-order chi connectivity index (χ0) is 12.3. The van der Waals surface area contributed by atoms with Gasteiger partial charge in [0.25, 0.3) is 0 Å². The van der Waals surface area contributed by atoms with Crippen LogP contribution >= 0.6 is 11.8 Å². The second-order valence-corrected chi connectivity index (χ2v) is 5.94. The Morgan fingerprint density at radius 3 is 2.65 bits per heavy atom. The van der Waals surface area contributed by atoms with Gasteiger partial charge in [0, 0.05) is 18.3 Å². The first-order valence-electron chi connectivity index (χ1n) is 5.99. The molecule has 17 heavy (non-hydrogen) atoms. The molecule has 0 aliphatic carbocycles. The molecule has 0 bridgehead atoms. The number of nitrogens with zero attached hydrogens (tertiary/aromatic N) is 4. The normalized spacial score (nSPS) is 20.6. The fourth-order valence-electron chi connectivity index (χ4n) is 2.27. The summed E-state index contributed by atoms with van der Waals surface area (Å²) in [5.41, 5.74) is 5.89. The highest BCUT2D eigenvalue weighted by Gasteiger charge is 2.32. The molecule has 2 N–H and O–H groups in total. The van der Waals surface area contributed by atoms with Crippen molar-refractivity contribution in [3.05, 3.63) is 12.2 Å². The quantitative estimate of drug-likeness (QED) is 0.847. The molecule has 1 aliphatic heterocycles. The molecule has 2 rings (SSSR count). The Hall–Kier alpha value is -0.590. The van der Waals surface area contributed by atoms with Gasteiger partial charge in [-0.1, -0.05) is 0 Å². The molecule has 96 valence electrons. The van der Waals surface area contributed by atoms with Crippen molar-refractivity contribution in [3.8, 4) is 0 Å². The van der Waals surface area contributed by atoms with Gasteiger partial charge in [-0.05, 0) is 32.2 Å². The Morgan fingerprint density at radius 1 is 1.47 bits per heavy atom. The van der Waals surface area contributed by atoms with Crippen molar-refractivity contribution in [1.29, 1.82) is 0 Å². The Bertz CT molecular complexity index is 350. The van der Waals surface area contributed by atoms with Gasteiger partial charge < -0.3 is 5.73 Å². The molecule has 0 atom stereocenters. The average molecular weight is 255 g/mol. The number of rotatable bonds is 4. The van der Waals surface area contributed by atoms with Crippen LogP contribution in [0.3, 0.4) is 0 Å². The summed E-state index contributed by atoms with van der Waals surface area (Å²) >= 11 is 1.92. The van der Waals surface area contributed by atoms with Gasteiger partial charge >= 0.3 is 0 Å². The van der Waals surface area contributed by atoms with E-state index in [0.717, 1.165) is 32.0 Å². The minimum absolute atomic E-state index is 0.302. The van der Waals surface area contributed by atoms with Crippen molar-refractivity contribution in [1.82, 2.24) is 19.7 Å². The molecule has 0 radical (unpaired) electrons. The van der Waals surface area contributed by atoms with Gasteiger partial charge in [-0.25, -0.2) is 4.98 Å². The first-order chi connectivity index (χ1) is 8.19. The SMILES string of the molecule is CSC1(CN)CCN(Cc2ncnn2C)CC1. The van der Waals surface area contributed by atoms with E-state index < -0.39 is 0 Å². The van der Waals surface area contributed by atoms with E-state index in [9.17, 15) is 0 Å². The lowest BCUT2D eigenvalue weighted by Gasteiger charge is -2.39. The van der Waals surface area contributed by atoms with Gasteiger partial charge in [0.05, 0.1) is 6.54 Å². The van der Waals surface area contributed by atoms with E-state index in [1.807, 2.05) is 23.5 Å². The summed E-state index contributed by atoms with van der Waals surface area (Å²) in [6, 6.07) is 0. The summed E-state index contributed by atoms with van der Waals surface area (Å²) in [4.78, 5) is 6.71. The highest BCUT2D eigenvalue weighted by Crippen LogP contribution is 2.33. The third-order valence-electron chi connectivity index (χ3n) is 3.74. The Balaban J connectivity index is 1.89. The summed E-state index contributed by atoms with van der Waals surface area (Å²) in [6.07, 6.45) is 6.13. The summed E-state index contributed by atoms with van der Waals surface area (Å²) in [5.74, 6) is 1.04. The lowest BCUT2D eigenvalue weighted by atomic mass is 9.96. The van der Waals surface area contributed by atoms with Crippen LogP contribution in [0.1, 0.15) is 18.7 Å². The third-order valence-corrected chi connectivity index (χ3v) is 5.18. The van der Waals surface area contributed by atoms with Crippen molar-refractivity contribution in [3.63, 3.8) is 0 Å². The molecular formula is C11H21N5S. The van der Waals surface area contributed by atoms with E-state index in [0.29, 0.717) is 4.75 Å². The van der Waals surface area contributed by atoms with Crippen LogP contribution in [0.4, 0.5) is 0 Å².